The Morgan fingerprint density at radius 1 is 0.867 bits per heavy atom. The van der Waals surface area contributed by atoms with Crippen LogP contribution in [0.15, 0.2) is 78.9 Å². The summed E-state index contributed by atoms with van der Waals surface area (Å²) in [7, 11) is 3.09. The number of rotatable bonds is 6. The minimum absolute atomic E-state index is 0.0516. The van der Waals surface area contributed by atoms with Crippen LogP contribution in [0.4, 0.5) is 11.4 Å². The van der Waals surface area contributed by atoms with Crippen molar-refractivity contribution in [1.82, 2.24) is 0 Å². The fourth-order valence-electron chi connectivity index (χ4n) is 3.88. The number of anilines is 2. The number of methoxy groups -OCH3 is 2. The van der Waals surface area contributed by atoms with Crippen LogP contribution in [0.3, 0.4) is 0 Å². The Kier molecular flexibility index (Phi) is 5.14. The number of β-lactam (4-membered cyclic amide) rings is 1. The highest BCUT2D eigenvalue weighted by Gasteiger charge is 2.59. The number of carbonyl (C=O) groups is 2. The molecule has 152 valence electrons. The molecular formula is C24H22N2O4. The summed E-state index contributed by atoms with van der Waals surface area (Å²) in [6.45, 7) is 0. The SMILES string of the molecule is COc1ccccc1NC(=O)C1(c2ccccc2)CC(=O)N1c1ccccc1OC. The Morgan fingerprint density at radius 2 is 1.47 bits per heavy atom. The average molecular weight is 402 g/mol. The van der Waals surface area contributed by atoms with Crippen molar-refractivity contribution in [2.24, 2.45) is 0 Å². The molecule has 0 spiro atoms. The van der Waals surface area contributed by atoms with Gasteiger partial charge in [0.15, 0.2) is 5.54 Å². The van der Waals surface area contributed by atoms with E-state index in [1.54, 1.807) is 38.5 Å². The number of para-hydroxylation sites is 4. The molecule has 1 heterocycles. The fraction of sp³-hybridized carbons (Fsp3) is 0.167. The summed E-state index contributed by atoms with van der Waals surface area (Å²) < 4.78 is 10.8. The first-order chi connectivity index (χ1) is 14.6. The third-order valence-electron chi connectivity index (χ3n) is 5.35. The second-order valence-electron chi connectivity index (χ2n) is 6.96. The van der Waals surface area contributed by atoms with Crippen molar-refractivity contribution >= 4 is 23.2 Å². The molecule has 6 nitrogen and oxygen atoms in total. The van der Waals surface area contributed by atoms with Crippen molar-refractivity contribution in [3.05, 3.63) is 84.4 Å². The molecule has 1 aliphatic rings. The largest absolute Gasteiger partial charge is 0.495 e. The van der Waals surface area contributed by atoms with E-state index < -0.39 is 5.54 Å². The van der Waals surface area contributed by atoms with E-state index in [9.17, 15) is 9.59 Å². The van der Waals surface area contributed by atoms with Gasteiger partial charge in [0.25, 0.3) is 5.91 Å². The molecule has 1 aliphatic heterocycles. The summed E-state index contributed by atoms with van der Waals surface area (Å²) in [5, 5.41) is 2.96. The van der Waals surface area contributed by atoms with Crippen molar-refractivity contribution in [3.63, 3.8) is 0 Å². The maximum absolute atomic E-state index is 13.7. The van der Waals surface area contributed by atoms with Crippen molar-refractivity contribution in [1.29, 1.82) is 0 Å². The van der Waals surface area contributed by atoms with Gasteiger partial charge in [-0.2, -0.15) is 0 Å². The minimum atomic E-state index is -1.20. The predicted molar refractivity (Wildman–Crippen MR) is 115 cm³/mol. The molecule has 30 heavy (non-hydrogen) atoms. The zero-order chi connectivity index (χ0) is 21.1. The van der Waals surface area contributed by atoms with E-state index in [4.69, 9.17) is 9.47 Å². The van der Waals surface area contributed by atoms with E-state index in [0.29, 0.717) is 22.9 Å². The van der Waals surface area contributed by atoms with Gasteiger partial charge in [0, 0.05) is 0 Å². The molecule has 2 amide bonds. The number of hydrogen-bond donors (Lipinski definition) is 1. The summed E-state index contributed by atoms with van der Waals surface area (Å²) in [4.78, 5) is 28.1. The van der Waals surface area contributed by atoms with E-state index in [2.05, 4.69) is 5.32 Å². The van der Waals surface area contributed by atoms with Gasteiger partial charge in [0.2, 0.25) is 5.91 Å². The van der Waals surface area contributed by atoms with Crippen LogP contribution in [-0.4, -0.2) is 26.0 Å². The topological polar surface area (TPSA) is 67.9 Å². The van der Waals surface area contributed by atoms with Crippen LogP contribution in [0.1, 0.15) is 12.0 Å². The van der Waals surface area contributed by atoms with Crippen LogP contribution in [0.5, 0.6) is 11.5 Å². The molecule has 0 aromatic heterocycles. The van der Waals surface area contributed by atoms with Crippen LogP contribution >= 0.6 is 0 Å². The molecule has 0 saturated carbocycles. The summed E-state index contributed by atoms with van der Waals surface area (Å²) in [5.74, 6) is 0.599. The molecular weight excluding hydrogens is 380 g/mol. The second-order valence-corrected chi connectivity index (χ2v) is 6.96. The lowest BCUT2D eigenvalue weighted by Gasteiger charge is -2.50. The van der Waals surface area contributed by atoms with Crippen LogP contribution < -0.4 is 19.7 Å². The number of nitrogens with zero attached hydrogens (tertiary/aromatic N) is 1. The first-order valence-electron chi connectivity index (χ1n) is 9.58. The first kappa shape index (κ1) is 19.5. The Bertz CT molecular complexity index is 1080. The van der Waals surface area contributed by atoms with Gasteiger partial charge < -0.3 is 14.8 Å². The van der Waals surface area contributed by atoms with Crippen LogP contribution in [0, 0.1) is 0 Å². The maximum atomic E-state index is 13.7. The van der Waals surface area contributed by atoms with Crippen molar-refractivity contribution in [2.45, 2.75) is 12.0 Å². The summed E-state index contributed by atoms with van der Waals surface area (Å²) in [6, 6.07) is 23.7. The summed E-state index contributed by atoms with van der Waals surface area (Å²) in [5.41, 5.74) is 0.617. The zero-order valence-electron chi connectivity index (χ0n) is 16.8. The van der Waals surface area contributed by atoms with E-state index in [1.165, 1.54) is 4.90 Å². The normalized spacial score (nSPS) is 17.8. The molecule has 3 aromatic carbocycles. The molecule has 1 N–H and O–H groups in total. The minimum Gasteiger partial charge on any atom is -0.495 e. The molecule has 1 unspecified atom stereocenters. The van der Waals surface area contributed by atoms with Gasteiger partial charge in [-0.05, 0) is 29.8 Å². The molecule has 0 bridgehead atoms. The van der Waals surface area contributed by atoms with E-state index >= 15 is 0 Å². The van der Waals surface area contributed by atoms with Gasteiger partial charge in [0.1, 0.15) is 11.5 Å². The lowest BCUT2D eigenvalue weighted by molar-refractivity contribution is -0.137. The number of benzene rings is 3. The second kappa shape index (κ2) is 7.91. The average Bonchev–Trinajstić information content (AvgIpc) is 2.78. The molecule has 3 aromatic rings. The molecule has 1 atom stereocenters. The quantitative estimate of drug-likeness (QED) is 0.634. The van der Waals surface area contributed by atoms with E-state index in [0.717, 1.165) is 5.56 Å². The van der Waals surface area contributed by atoms with Gasteiger partial charge in [-0.25, -0.2) is 0 Å². The molecule has 4 rings (SSSR count). The Balaban J connectivity index is 1.82. The molecule has 1 saturated heterocycles. The Hall–Kier alpha value is -3.80. The van der Waals surface area contributed by atoms with Gasteiger partial charge >= 0.3 is 0 Å². The molecule has 0 radical (unpaired) electrons. The zero-order valence-corrected chi connectivity index (χ0v) is 16.8. The third kappa shape index (κ3) is 3.06. The Morgan fingerprint density at radius 3 is 2.13 bits per heavy atom. The molecule has 0 aliphatic carbocycles. The van der Waals surface area contributed by atoms with Crippen molar-refractivity contribution in [2.75, 3.05) is 24.4 Å². The van der Waals surface area contributed by atoms with E-state index in [1.807, 2.05) is 54.6 Å². The highest BCUT2D eigenvalue weighted by molar-refractivity contribution is 6.17. The number of carbonyl (C=O) groups excluding carboxylic acids is 2. The van der Waals surface area contributed by atoms with Gasteiger partial charge in [-0.15, -0.1) is 0 Å². The van der Waals surface area contributed by atoms with Crippen molar-refractivity contribution < 1.29 is 19.1 Å². The van der Waals surface area contributed by atoms with Crippen molar-refractivity contribution in [3.8, 4) is 11.5 Å². The summed E-state index contributed by atoms with van der Waals surface area (Å²) >= 11 is 0. The summed E-state index contributed by atoms with van der Waals surface area (Å²) in [6.07, 6.45) is 0.0516. The molecule has 1 fully saturated rings. The van der Waals surface area contributed by atoms with Gasteiger partial charge in [0.05, 0.1) is 32.0 Å². The van der Waals surface area contributed by atoms with E-state index in [-0.39, 0.29) is 18.2 Å². The number of amides is 2. The number of nitrogens with one attached hydrogen (secondary N) is 1. The fourth-order valence-corrected chi connectivity index (χ4v) is 3.88. The third-order valence-corrected chi connectivity index (χ3v) is 5.35. The first-order valence-corrected chi connectivity index (χ1v) is 9.58. The monoisotopic (exact) mass is 402 g/mol. The smallest absolute Gasteiger partial charge is 0.256 e. The predicted octanol–water partition coefficient (Wildman–Crippen LogP) is 3.97. The lowest BCUT2D eigenvalue weighted by Crippen LogP contribution is -2.67. The Labute approximate surface area is 175 Å². The van der Waals surface area contributed by atoms with Gasteiger partial charge in [-0.3, -0.25) is 14.5 Å². The van der Waals surface area contributed by atoms with Crippen LogP contribution in [-0.2, 0) is 15.1 Å². The highest BCUT2D eigenvalue weighted by Crippen LogP contribution is 2.48. The standard InChI is InChI=1S/C24H22N2O4/c1-29-20-14-8-6-12-18(20)25-23(28)24(17-10-4-3-5-11-17)16-22(27)26(24)19-13-7-9-15-21(19)30-2/h3-15H,16H2,1-2H3,(H,25,28). The number of ether oxygens (including phenoxy) is 2. The highest BCUT2D eigenvalue weighted by atomic mass is 16.5. The lowest BCUT2D eigenvalue weighted by atomic mass is 9.76. The van der Waals surface area contributed by atoms with Crippen LogP contribution in [0.25, 0.3) is 0 Å². The van der Waals surface area contributed by atoms with Gasteiger partial charge in [-0.1, -0.05) is 54.6 Å². The molecule has 6 heteroatoms. The number of hydrogen-bond acceptors (Lipinski definition) is 4. The van der Waals surface area contributed by atoms with Crippen LogP contribution in [0.2, 0.25) is 0 Å². The maximum Gasteiger partial charge on any atom is 0.256 e.